The Morgan fingerprint density at radius 2 is 1.90 bits per heavy atom. The highest BCUT2D eigenvalue weighted by Gasteiger charge is 1.87. The Labute approximate surface area is 66.6 Å². The largest absolute Gasteiger partial charge is 0.126 e. The van der Waals surface area contributed by atoms with Gasteiger partial charge in [0.2, 0.25) is 0 Å². The van der Waals surface area contributed by atoms with Gasteiger partial charge in [0, 0.05) is 4.90 Å². The molecule has 10 heavy (non-hydrogen) atoms. The molecule has 0 aromatic heterocycles. The van der Waals surface area contributed by atoms with Crippen LogP contribution in [0.2, 0.25) is 0 Å². The molecule has 0 heterocycles. The molecule has 1 rings (SSSR count). The summed E-state index contributed by atoms with van der Waals surface area (Å²) in [6, 6.07) is 10.3. The molecular weight excluding hydrogens is 140 g/mol. The molecule has 1 heteroatoms. The maximum Gasteiger partial charge on any atom is 0.00719 e. The minimum Gasteiger partial charge on any atom is -0.126 e. The summed E-state index contributed by atoms with van der Waals surface area (Å²) in [5, 5.41) is 0. The Kier molecular flexibility index (Phi) is 3.37. The lowest BCUT2D eigenvalue weighted by molar-refractivity contribution is 1.24. The first kappa shape index (κ1) is 7.67. The van der Waals surface area contributed by atoms with Gasteiger partial charge in [0.1, 0.15) is 0 Å². The molecule has 0 bridgehead atoms. The minimum atomic E-state index is 0.750. The number of hydrogen-bond donors (Lipinski definition) is 0. The molecule has 0 aliphatic carbocycles. The highest BCUT2D eigenvalue weighted by Crippen LogP contribution is 2.16. The smallest absolute Gasteiger partial charge is 0.00719 e. The molecule has 0 nitrogen and oxygen atoms in total. The Bertz CT molecular complexity index is 169. The van der Waals surface area contributed by atoms with E-state index in [0.717, 1.165) is 12.2 Å². The SMILES string of the molecule is [CH]CCSc1ccccc1. The Morgan fingerprint density at radius 3 is 2.50 bits per heavy atom. The van der Waals surface area contributed by atoms with Crippen LogP contribution in [0.3, 0.4) is 0 Å². The molecule has 0 unspecified atom stereocenters. The lowest BCUT2D eigenvalue weighted by Gasteiger charge is -1.96. The van der Waals surface area contributed by atoms with Crippen molar-refractivity contribution < 1.29 is 0 Å². The summed E-state index contributed by atoms with van der Waals surface area (Å²) in [5.41, 5.74) is 0. The molecule has 0 amide bonds. The molecule has 0 aliphatic rings. The number of rotatable bonds is 3. The fourth-order valence-electron chi connectivity index (χ4n) is 0.693. The van der Waals surface area contributed by atoms with Crippen LogP contribution in [0.4, 0.5) is 0 Å². The van der Waals surface area contributed by atoms with Gasteiger partial charge in [-0.25, -0.2) is 0 Å². The van der Waals surface area contributed by atoms with Gasteiger partial charge in [-0.15, -0.1) is 11.8 Å². The van der Waals surface area contributed by atoms with Crippen LogP contribution in [0.1, 0.15) is 6.42 Å². The van der Waals surface area contributed by atoms with Crippen LogP contribution in [0.5, 0.6) is 0 Å². The third-order valence-corrected chi connectivity index (χ3v) is 2.18. The molecular formula is C9H10S. The second kappa shape index (κ2) is 4.40. The van der Waals surface area contributed by atoms with Crippen molar-refractivity contribution in [1.29, 1.82) is 0 Å². The second-order valence-electron chi connectivity index (χ2n) is 1.95. The molecule has 0 N–H and O–H groups in total. The number of benzene rings is 1. The summed E-state index contributed by atoms with van der Waals surface area (Å²) >= 11 is 1.80. The van der Waals surface area contributed by atoms with Crippen molar-refractivity contribution >= 4 is 11.8 Å². The van der Waals surface area contributed by atoms with Crippen LogP contribution >= 0.6 is 11.8 Å². The zero-order chi connectivity index (χ0) is 7.23. The van der Waals surface area contributed by atoms with Crippen molar-refractivity contribution in [1.82, 2.24) is 0 Å². The highest BCUT2D eigenvalue weighted by atomic mass is 32.2. The van der Waals surface area contributed by atoms with E-state index < -0.39 is 0 Å². The molecule has 1 aromatic rings. The molecule has 52 valence electrons. The Balaban J connectivity index is 2.43. The second-order valence-corrected chi connectivity index (χ2v) is 3.12. The van der Waals surface area contributed by atoms with E-state index in [1.807, 2.05) is 18.2 Å². The Hall–Kier alpha value is -0.430. The van der Waals surface area contributed by atoms with E-state index in [-0.39, 0.29) is 0 Å². The molecule has 0 saturated heterocycles. The standard InChI is InChI=1S/C9H10S/c1-2-8-10-9-6-4-3-5-7-9/h1,3-7H,2,8H2. The first-order valence-electron chi connectivity index (χ1n) is 3.31. The first-order chi connectivity index (χ1) is 4.93. The summed E-state index contributed by atoms with van der Waals surface area (Å²) in [6.45, 7) is 5.36. The van der Waals surface area contributed by atoms with E-state index in [1.54, 1.807) is 11.8 Å². The van der Waals surface area contributed by atoms with Crippen molar-refractivity contribution in [3.63, 3.8) is 0 Å². The summed E-state index contributed by atoms with van der Waals surface area (Å²) in [7, 11) is 0. The topological polar surface area (TPSA) is 0 Å². The average molecular weight is 150 g/mol. The van der Waals surface area contributed by atoms with Gasteiger partial charge in [0.25, 0.3) is 0 Å². The van der Waals surface area contributed by atoms with Gasteiger partial charge in [-0.05, 0) is 31.2 Å². The van der Waals surface area contributed by atoms with Crippen LogP contribution in [0.25, 0.3) is 0 Å². The summed E-state index contributed by atoms with van der Waals surface area (Å²) in [5.74, 6) is 1.00. The van der Waals surface area contributed by atoms with Crippen LogP contribution in [-0.2, 0) is 0 Å². The van der Waals surface area contributed by atoms with Crippen LogP contribution < -0.4 is 0 Å². The maximum atomic E-state index is 5.36. The fraction of sp³-hybridized carbons (Fsp3) is 0.222. The Morgan fingerprint density at radius 1 is 1.20 bits per heavy atom. The van der Waals surface area contributed by atoms with Crippen molar-refractivity contribution in [2.24, 2.45) is 0 Å². The van der Waals surface area contributed by atoms with Gasteiger partial charge in [0.05, 0.1) is 0 Å². The van der Waals surface area contributed by atoms with E-state index in [1.165, 1.54) is 4.90 Å². The van der Waals surface area contributed by atoms with Crippen molar-refractivity contribution in [3.05, 3.63) is 37.3 Å². The van der Waals surface area contributed by atoms with Gasteiger partial charge in [-0.1, -0.05) is 18.2 Å². The van der Waals surface area contributed by atoms with Gasteiger partial charge in [0.15, 0.2) is 0 Å². The van der Waals surface area contributed by atoms with Crippen molar-refractivity contribution in [3.8, 4) is 0 Å². The molecule has 0 atom stereocenters. The van der Waals surface area contributed by atoms with Gasteiger partial charge < -0.3 is 0 Å². The summed E-state index contributed by atoms with van der Waals surface area (Å²) < 4.78 is 0. The van der Waals surface area contributed by atoms with E-state index >= 15 is 0 Å². The lowest BCUT2D eigenvalue weighted by Crippen LogP contribution is -1.73. The normalized spacial score (nSPS) is 9.70. The third-order valence-electron chi connectivity index (χ3n) is 1.13. The first-order valence-corrected chi connectivity index (χ1v) is 4.30. The molecule has 0 spiro atoms. The lowest BCUT2D eigenvalue weighted by atomic mass is 10.4. The third kappa shape index (κ3) is 2.44. The molecule has 0 saturated carbocycles. The fourth-order valence-corrected chi connectivity index (χ4v) is 1.40. The van der Waals surface area contributed by atoms with Crippen LogP contribution in [0.15, 0.2) is 35.2 Å². The summed E-state index contributed by atoms with van der Waals surface area (Å²) in [4.78, 5) is 1.30. The predicted octanol–water partition coefficient (Wildman–Crippen LogP) is 2.88. The molecule has 2 radical (unpaired) electrons. The van der Waals surface area contributed by atoms with Gasteiger partial charge in [-0.3, -0.25) is 0 Å². The van der Waals surface area contributed by atoms with E-state index in [0.29, 0.717) is 0 Å². The minimum absolute atomic E-state index is 0.750. The highest BCUT2D eigenvalue weighted by molar-refractivity contribution is 7.99. The average Bonchev–Trinajstić information content (AvgIpc) is 2.03. The van der Waals surface area contributed by atoms with E-state index in [2.05, 4.69) is 12.1 Å². The summed E-state index contributed by atoms with van der Waals surface area (Å²) in [6.07, 6.45) is 0.750. The van der Waals surface area contributed by atoms with Crippen molar-refractivity contribution in [2.75, 3.05) is 5.75 Å². The van der Waals surface area contributed by atoms with Gasteiger partial charge in [-0.2, -0.15) is 0 Å². The maximum absolute atomic E-state index is 5.36. The zero-order valence-electron chi connectivity index (χ0n) is 5.79. The predicted molar refractivity (Wildman–Crippen MR) is 46.1 cm³/mol. The van der Waals surface area contributed by atoms with Crippen LogP contribution in [-0.4, -0.2) is 5.75 Å². The number of thioether (sulfide) groups is 1. The molecule has 0 fully saturated rings. The van der Waals surface area contributed by atoms with Crippen molar-refractivity contribution in [2.45, 2.75) is 11.3 Å². The zero-order valence-corrected chi connectivity index (χ0v) is 6.60. The molecule has 1 aromatic carbocycles. The van der Waals surface area contributed by atoms with Gasteiger partial charge >= 0.3 is 0 Å². The molecule has 0 aliphatic heterocycles. The monoisotopic (exact) mass is 150 g/mol. The van der Waals surface area contributed by atoms with E-state index in [9.17, 15) is 0 Å². The number of hydrogen-bond acceptors (Lipinski definition) is 1. The van der Waals surface area contributed by atoms with Crippen LogP contribution in [0, 0.1) is 6.92 Å². The quantitative estimate of drug-likeness (QED) is 0.597. The van der Waals surface area contributed by atoms with E-state index in [4.69, 9.17) is 6.92 Å².